The largest absolute Gasteiger partial charge is 0.385 e. The van der Waals surface area contributed by atoms with Gasteiger partial charge in [0, 0.05) is 5.56 Å². The molecule has 0 spiro atoms. The summed E-state index contributed by atoms with van der Waals surface area (Å²) < 4.78 is 4.85. The summed E-state index contributed by atoms with van der Waals surface area (Å²) in [6.45, 7) is 2.04. The first-order valence-electron chi connectivity index (χ1n) is 4.76. The number of halogens is 1. The van der Waals surface area contributed by atoms with Crippen LogP contribution >= 0.6 is 11.9 Å². The highest BCUT2D eigenvalue weighted by atomic mass is 35.5. The Balaban J connectivity index is 2.61. The van der Waals surface area contributed by atoms with Gasteiger partial charge in [-0.25, -0.2) is 0 Å². The van der Waals surface area contributed by atoms with Crippen molar-refractivity contribution < 1.29 is 4.29 Å². The number of aryl methyl sites for hydroxylation is 1. The van der Waals surface area contributed by atoms with Crippen molar-refractivity contribution in [2.45, 2.75) is 6.92 Å². The molecule has 2 aromatic rings. The van der Waals surface area contributed by atoms with Gasteiger partial charge < -0.3 is 4.29 Å². The summed E-state index contributed by atoms with van der Waals surface area (Å²) >= 11 is 5.45. The van der Waals surface area contributed by atoms with Crippen LogP contribution in [0.1, 0.15) is 5.56 Å². The Morgan fingerprint density at radius 3 is 2.33 bits per heavy atom. The average Bonchev–Trinajstić information content (AvgIpc) is 2.29. The van der Waals surface area contributed by atoms with E-state index in [9.17, 15) is 0 Å². The zero-order valence-electron chi connectivity index (χ0n) is 8.41. The van der Waals surface area contributed by atoms with Crippen LogP contribution in [-0.2, 0) is 0 Å². The van der Waals surface area contributed by atoms with Gasteiger partial charge in [0.05, 0.1) is 0 Å². The molecule has 0 unspecified atom stereocenters. The van der Waals surface area contributed by atoms with E-state index < -0.39 is 0 Å². The number of hydrogen-bond donors (Lipinski definition) is 0. The molecule has 0 aromatic heterocycles. The molecule has 2 aromatic carbocycles. The first-order valence-corrected chi connectivity index (χ1v) is 5.07. The Morgan fingerprint density at radius 1 is 0.933 bits per heavy atom. The lowest BCUT2D eigenvalue weighted by atomic mass is 10.00. The summed E-state index contributed by atoms with van der Waals surface area (Å²) in [5, 5.41) is 0. The van der Waals surface area contributed by atoms with Gasteiger partial charge in [0.2, 0.25) is 0 Å². The third kappa shape index (κ3) is 1.97. The number of rotatable bonds is 2. The summed E-state index contributed by atoms with van der Waals surface area (Å²) in [6.07, 6.45) is 0. The molecule has 0 amide bonds. The van der Waals surface area contributed by atoms with Crippen molar-refractivity contribution in [1.82, 2.24) is 0 Å². The fraction of sp³-hybridized carbons (Fsp3) is 0.0769. The van der Waals surface area contributed by atoms with Crippen LogP contribution in [0.3, 0.4) is 0 Å². The predicted molar refractivity (Wildman–Crippen MR) is 63.1 cm³/mol. The zero-order chi connectivity index (χ0) is 10.7. The molecule has 0 aliphatic heterocycles. The zero-order valence-corrected chi connectivity index (χ0v) is 9.16. The molecule has 0 radical (unpaired) electrons. The van der Waals surface area contributed by atoms with E-state index in [0.717, 1.165) is 16.7 Å². The molecule has 0 aliphatic carbocycles. The molecule has 1 nitrogen and oxygen atoms in total. The molecule has 2 heteroatoms. The van der Waals surface area contributed by atoms with Crippen molar-refractivity contribution in [3.8, 4) is 16.9 Å². The molecule has 0 saturated heterocycles. The molecule has 15 heavy (non-hydrogen) atoms. The first kappa shape index (κ1) is 10.1. The van der Waals surface area contributed by atoms with Crippen LogP contribution in [0.4, 0.5) is 0 Å². The molecule has 0 saturated carbocycles. The van der Waals surface area contributed by atoms with Gasteiger partial charge in [0.25, 0.3) is 0 Å². The highest BCUT2D eigenvalue weighted by Crippen LogP contribution is 2.33. The van der Waals surface area contributed by atoms with Crippen LogP contribution < -0.4 is 4.29 Å². The maximum Gasteiger partial charge on any atom is 0.154 e. The molecule has 0 atom stereocenters. The average molecular weight is 219 g/mol. The predicted octanol–water partition coefficient (Wildman–Crippen LogP) is 4.19. The van der Waals surface area contributed by atoms with Crippen molar-refractivity contribution in [1.29, 1.82) is 0 Å². The van der Waals surface area contributed by atoms with Gasteiger partial charge in [-0.2, -0.15) is 0 Å². The second-order valence-electron chi connectivity index (χ2n) is 3.39. The summed E-state index contributed by atoms with van der Waals surface area (Å²) in [4.78, 5) is 0. The van der Waals surface area contributed by atoms with Gasteiger partial charge in [-0.05, 0) is 24.1 Å². The summed E-state index contributed by atoms with van der Waals surface area (Å²) in [7, 11) is 0. The minimum Gasteiger partial charge on any atom is -0.385 e. The van der Waals surface area contributed by atoms with Gasteiger partial charge in [-0.15, -0.1) is 0 Å². The summed E-state index contributed by atoms with van der Waals surface area (Å²) in [5.41, 5.74) is 3.32. The van der Waals surface area contributed by atoms with Gasteiger partial charge in [-0.1, -0.05) is 42.5 Å². The third-order valence-corrected chi connectivity index (χ3v) is 2.55. The van der Waals surface area contributed by atoms with E-state index in [4.69, 9.17) is 16.2 Å². The van der Waals surface area contributed by atoms with Gasteiger partial charge in [0.15, 0.2) is 5.75 Å². The Hall–Kier alpha value is -1.47. The monoisotopic (exact) mass is 218 g/mol. The van der Waals surface area contributed by atoms with Gasteiger partial charge in [0.1, 0.15) is 11.9 Å². The molecule has 0 heterocycles. The lowest BCUT2D eigenvalue weighted by Gasteiger charge is -2.09. The van der Waals surface area contributed by atoms with Crippen LogP contribution in [0.15, 0.2) is 48.5 Å². The molecule has 0 aliphatic rings. The quantitative estimate of drug-likeness (QED) is 0.734. The summed E-state index contributed by atoms with van der Waals surface area (Å²) in [6, 6.07) is 15.9. The Kier molecular flexibility index (Phi) is 2.93. The van der Waals surface area contributed by atoms with E-state index in [1.165, 1.54) is 0 Å². The highest BCUT2D eigenvalue weighted by molar-refractivity contribution is 6.09. The number of hydrogen-bond acceptors (Lipinski definition) is 1. The minimum atomic E-state index is 0.697. The fourth-order valence-corrected chi connectivity index (χ4v) is 1.81. The van der Waals surface area contributed by atoms with E-state index >= 15 is 0 Å². The van der Waals surface area contributed by atoms with Gasteiger partial charge >= 0.3 is 0 Å². The molecular formula is C13H11ClO. The van der Waals surface area contributed by atoms with Crippen molar-refractivity contribution in [2.24, 2.45) is 0 Å². The smallest absolute Gasteiger partial charge is 0.154 e. The van der Waals surface area contributed by atoms with E-state index in [2.05, 4.69) is 0 Å². The van der Waals surface area contributed by atoms with Crippen molar-refractivity contribution in [3.05, 3.63) is 54.1 Å². The fourth-order valence-electron chi connectivity index (χ4n) is 1.68. The molecule has 2 rings (SSSR count). The van der Waals surface area contributed by atoms with Crippen LogP contribution in [0.25, 0.3) is 11.1 Å². The molecular weight excluding hydrogens is 208 g/mol. The molecule has 0 bridgehead atoms. The van der Waals surface area contributed by atoms with Crippen LogP contribution in [0, 0.1) is 6.92 Å². The normalized spacial score (nSPS) is 10.0. The standard InChI is InChI=1S/C13H11ClO/c1-10-6-5-9-12(15-14)13(10)11-7-3-2-4-8-11/h2-9H,1H3. The molecule has 0 N–H and O–H groups in total. The first-order chi connectivity index (χ1) is 7.33. The van der Waals surface area contributed by atoms with Gasteiger partial charge in [-0.3, -0.25) is 0 Å². The van der Waals surface area contributed by atoms with Crippen molar-refractivity contribution in [3.63, 3.8) is 0 Å². The van der Waals surface area contributed by atoms with Crippen LogP contribution in [-0.4, -0.2) is 0 Å². The third-order valence-electron chi connectivity index (χ3n) is 2.38. The Morgan fingerprint density at radius 2 is 1.67 bits per heavy atom. The topological polar surface area (TPSA) is 9.23 Å². The second-order valence-corrected chi connectivity index (χ2v) is 3.55. The Bertz CT molecular complexity index is 451. The Labute approximate surface area is 94.4 Å². The SMILES string of the molecule is Cc1cccc(OCl)c1-c1ccccc1. The lowest BCUT2D eigenvalue weighted by molar-refractivity contribution is 0.621. The van der Waals surface area contributed by atoms with E-state index in [-0.39, 0.29) is 0 Å². The van der Waals surface area contributed by atoms with Crippen molar-refractivity contribution in [2.75, 3.05) is 0 Å². The molecule has 76 valence electrons. The lowest BCUT2D eigenvalue weighted by Crippen LogP contribution is -1.86. The highest BCUT2D eigenvalue weighted by Gasteiger charge is 2.08. The maximum absolute atomic E-state index is 5.45. The minimum absolute atomic E-state index is 0.697. The summed E-state index contributed by atoms with van der Waals surface area (Å²) in [5.74, 6) is 0.697. The number of benzene rings is 2. The van der Waals surface area contributed by atoms with Crippen molar-refractivity contribution >= 4 is 11.9 Å². The van der Waals surface area contributed by atoms with E-state index in [1.54, 1.807) is 0 Å². The maximum atomic E-state index is 5.45. The molecule has 0 fully saturated rings. The van der Waals surface area contributed by atoms with E-state index in [0.29, 0.717) is 5.75 Å². The van der Waals surface area contributed by atoms with E-state index in [1.807, 2.05) is 55.5 Å². The van der Waals surface area contributed by atoms with Crippen LogP contribution in [0.5, 0.6) is 5.75 Å². The second kappa shape index (κ2) is 4.37. The van der Waals surface area contributed by atoms with Crippen LogP contribution in [0.2, 0.25) is 0 Å².